The van der Waals surface area contributed by atoms with Crippen LogP contribution in [-0.4, -0.2) is 44.0 Å². The van der Waals surface area contributed by atoms with Crippen molar-refractivity contribution in [2.24, 2.45) is 0 Å². The van der Waals surface area contributed by atoms with Crippen LogP contribution in [0.15, 0.2) is 36.5 Å². The molecule has 1 aliphatic rings. The van der Waals surface area contributed by atoms with Crippen LogP contribution in [0.1, 0.15) is 25.1 Å². The summed E-state index contributed by atoms with van der Waals surface area (Å²) >= 11 is 6.17. The van der Waals surface area contributed by atoms with Crippen LogP contribution in [0, 0.1) is 0 Å². The molecule has 0 aliphatic carbocycles. The van der Waals surface area contributed by atoms with Gasteiger partial charge in [0.25, 0.3) is 0 Å². The van der Waals surface area contributed by atoms with Gasteiger partial charge < -0.3 is 9.80 Å². The van der Waals surface area contributed by atoms with Gasteiger partial charge in [-0.3, -0.25) is 14.3 Å². The molecule has 3 rings (SSSR count). The molecule has 0 radical (unpaired) electrons. The maximum absolute atomic E-state index is 12.7. The molecule has 1 aromatic heterocycles. The third kappa shape index (κ3) is 3.69. The van der Waals surface area contributed by atoms with Gasteiger partial charge in [0.1, 0.15) is 12.6 Å². The summed E-state index contributed by atoms with van der Waals surface area (Å²) in [5.41, 5.74) is 1.63. The number of rotatable bonds is 5. The first-order valence-corrected chi connectivity index (χ1v) is 8.71. The fraction of sp³-hybridized carbons (Fsp3) is 0.389. The van der Waals surface area contributed by atoms with Gasteiger partial charge in [-0.1, -0.05) is 29.8 Å². The highest BCUT2D eigenvalue weighted by Gasteiger charge is 2.36. The number of nitrogens with zero attached hydrogens (tertiary/aromatic N) is 4. The standard InChI is InChI=1S/C18H21ClN4O2/c1-3-22-9-8-15(20-22)11-23-13(2)18(25)21(12-17(23)24)10-14-6-4-5-7-16(14)19/h4-9,13H,3,10-12H2,1-2H3/t13-/m0/s1. The number of carbonyl (C=O) groups is 2. The zero-order chi connectivity index (χ0) is 18.0. The Bertz CT molecular complexity index is 789. The summed E-state index contributed by atoms with van der Waals surface area (Å²) in [4.78, 5) is 28.4. The predicted molar refractivity (Wildman–Crippen MR) is 94.8 cm³/mol. The first-order chi connectivity index (χ1) is 12.0. The molecule has 1 saturated heterocycles. The SMILES string of the molecule is CCn1ccc(CN2C(=O)CN(Cc3ccccc3Cl)C(=O)[C@@H]2C)n1. The molecule has 0 spiro atoms. The molecule has 6 nitrogen and oxygen atoms in total. The molecule has 2 aromatic rings. The van der Waals surface area contributed by atoms with Crippen molar-refractivity contribution in [2.75, 3.05) is 6.54 Å². The minimum absolute atomic E-state index is 0.0584. The Kier molecular flexibility index (Phi) is 5.08. The fourth-order valence-electron chi connectivity index (χ4n) is 2.98. The molecular formula is C18H21ClN4O2. The monoisotopic (exact) mass is 360 g/mol. The van der Waals surface area contributed by atoms with Gasteiger partial charge in [0.2, 0.25) is 11.8 Å². The molecule has 132 valence electrons. The highest BCUT2D eigenvalue weighted by atomic mass is 35.5. The Hall–Kier alpha value is -2.34. The molecule has 0 unspecified atom stereocenters. The number of hydrogen-bond acceptors (Lipinski definition) is 3. The molecule has 1 fully saturated rings. The Morgan fingerprint density at radius 3 is 2.64 bits per heavy atom. The maximum atomic E-state index is 12.7. The second-order valence-corrected chi connectivity index (χ2v) is 6.55. The zero-order valence-corrected chi connectivity index (χ0v) is 15.1. The molecule has 1 aliphatic heterocycles. The van der Waals surface area contributed by atoms with E-state index in [2.05, 4.69) is 5.10 Å². The molecule has 25 heavy (non-hydrogen) atoms. The lowest BCUT2D eigenvalue weighted by Gasteiger charge is -2.38. The maximum Gasteiger partial charge on any atom is 0.245 e. The lowest BCUT2D eigenvalue weighted by Crippen LogP contribution is -2.58. The highest BCUT2D eigenvalue weighted by Crippen LogP contribution is 2.21. The summed E-state index contributed by atoms with van der Waals surface area (Å²) in [7, 11) is 0. The van der Waals surface area contributed by atoms with E-state index < -0.39 is 6.04 Å². The summed E-state index contributed by atoms with van der Waals surface area (Å²) in [6, 6.07) is 8.73. The molecule has 0 bridgehead atoms. The molecule has 0 N–H and O–H groups in total. The quantitative estimate of drug-likeness (QED) is 0.822. The molecule has 1 atom stereocenters. The number of carbonyl (C=O) groups excluding carboxylic acids is 2. The van der Waals surface area contributed by atoms with Crippen molar-refractivity contribution < 1.29 is 9.59 Å². The van der Waals surface area contributed by atoms with Gasteiger partial charge in [-0.05, 0) is 31.5 Å². The first kappa shape index (κ1) is 17.5. The number of amides is 2. The van der Waals surface area contributed by atoms with Crippen molar-refractivity contribution in [3.63, 3.8) is 0 Å². The van der Waals surface area contributed by atoms with E-state index >= 15 is 0 Å². The molecule has 0 saturated carbocycles. The van der Waals surface area contributed by atoms with Crippen LogP contribution in [-0.2, 0) is 29.2 Å². The number of benzene rings is 1. The topological polar surface area (TPSA) is 58.4 Å². The van der Waals surface area contributed by atoms with Crippen LogP contribution in [0.5, 0.6) is 0 Å². The van der Waals surface area contributed by atoms with Gasteiger partial charge in [-0.25, -0.2) is 0 Å². The fourth-order valence-corrected chi connectivity index (χ4v) is 3.17. The summed E-state index contributed by atoms with van der Waals surface area (Å²) < 4.78 is 1.81. The number of hydrogen-bond donors (Lipinski definition) is 0. The second kappa shape index (κ2) is 7.27. The number of piperazine rings is 1. The third-order valence-corrected chi connectivity index (χ3v) is 4.82. The average Bonchev–Trinajstić information content (AvgIpc) is 3.06. The molecular weight excluding hydrogens is 340 g/mol. The summed E-state index contributed by atoms with van der Waals surface area (Å²) in [5, 5.41) is 5.00. The number of aryl methyl sites for hydroxylation is 1. The lowest BCUT2D eigenvalue weighted by atomic mass is 10.1. The number of aromatic nitrogens is 2. The third-order valence-electron chi connectivity index (χ3n) is 4.45. The van der Waals surface area contributed by atoms with E-state index in [0.29, 0.717) is 18.1 Å². The smallest absolute Gasteiger partial charge is 0.245 e. The van der Waals surface area contributed by atoms with E-state index in [1.54, 1.807) is 27.5 Å². The van der Waals surface area contributed by atoms with Crippen molar-refractivity contribution >= 4 is 23.4 Å². The van der Waals surface area contributed by atoms with Crippen LogP contribution in [0.25, 0.3) is 0 Å². The van der Waals surface area contributed by atoms with Crippen LogP contribution in [0.4, 0.5) is 0 Å². The largest absolute Gasteiger partial charge is 0.327 e. The lowest BCUT2D eigenvalue weighted by molar-refractivity contribution is -0.156. The normalized spacial score (nSPS) is 18.1. The van der Waals surface area contributed by atoms with Gasteiger partial charge >= 0.3 is 0 Å². The van der Waals surface area contributed by atoms with Crippen LogP contribution in [0.2, 0.25) is 5.02 Å². The van der Waals surface area contributed by atoms with E-state index in [-0.39, 0.29) is 18.4 Å². The van der Waals surface area contributed by atoms with E-state index in [9.17, 15) is 9.59 Å². The van der Waals surface area contributed by atoms with Crippen LogP contribution in [0.3, 0.4) is 0 Å². The molecule has 2 amide bonds. The van der Waals surface area contributed by atoms with Crippen molar-refractivity contribution in [2.45, 2.75) is 39.5 Å². The van der Waals surface area contributed by atoms with E-state index in [1.807, 2.05) is 37.4 Å². The van der Waals surface area contributed by atoms with E-state index in [4.69, 9.17) is 11.6 Å². The minimum atomic E-state index is -0.518. The van der Waals surface area contributed by atoms with Gasteiger partial charge in [0, 0.05) is 24.3 Å². The predicted octanol–water partition coefficient (Wildman–Crippen LogP) is 2.32. The Morgan fingerprint density at radius 1 is 1.20 bits per heavy atom. The summed E-state index contributed by atoms with van der Waals surface area (Å²) in [6.45, 7) is 5.28. The van der Waals surface area contributed by atoms with Gasteiger partial charge in [-0.2, -0.15) is 5.10 Å². The first-order valence-electron chi connectivity index (χ1n) is 8.33. The average molecular weight is 361 g/mol. The Morgan fingerprint density at radius 2 is 1.96 bits per heavy atom. The van der Waals surface area contributed by atoms with Gasteiger partial charge in [0.05, 0.1) is 12.2 Å². The zero-order valence-electron chi connectivity index (χ0n) is 14.4. The van der Waals surface area contributed by atoms with Crippen molar-refractivity contribution in [1.82, 2.24) is 19.6 Å². The molecule has 2 heterocycles. The molecule has 1 aromatic carbocycles. The summed E-state index contributed by atoms with van der Waals surface area (Å²) in [6.07, 6.45) is 1.87. The van der Waals surface area contributed by atoms with Gasteiger partial charge in [0.15, 0.2) is 0 Å². The van der Waals surface area contributed by atoms with Crippen molar-refractivity contribution in [3.05, 3.63) is 52.8 Å². The number of halogens is 1. The summed E-state index contributed by atoms with van der Waals surface area (Å²) in [5.74, 6) is -0.153. The van der Waals surface area contributed by atoms with Crippen LogP contribution < -0.4 is 0 Å². The van der Waals surface area contributed by atoms with E-state index in [0.717, 1.165) is 17.8 Å². The van der Waals surface area contributed by atoms with Crippen molar-refractivity contribution in [1.29, 1.82) is 0 Å². The second-order valence-electron chi connectivity index (χ2n) is 6.15. The minimum Gasteiger partial charge on any atom is -0.327 e. The highest BCUT2D eigenvalue weighted by molar-refractivity contribution is 6.31. The van der Waals surface area contributed by atoms with Crippen molar-refractivity contribution in [3.8, 4) is 0 Å². The Balaban J connectivity index is 1.72. The van der Waals surface area contributed by atoms with Gasteiger partial charge in [-0.15, -0.1) is 0 Å². The Labute approximate surface area is 152 Å². The van der Waals surface area contributed by atoms with E-state index in [1.165, 1.54) is 0 Å². The van der Waals surface area contributed by atoms with Crippen LogP contribution >= 0.6 is 11.6 Å². The molecule has 7 heteroatoms.